The molecular formula is C70H67Cl8K2N21O6S10. The number of halogens is 8. The van der Waals surface area contributed by atoms with Crippen LogP contribution in [-0.4, -0.2) is 117 Å². The Morgan fingerprint density at radius 3 is 1.31 bits per heavy atom. The Morgan fingerprint density at radius 1 is 0.556 bits per heavy atom. The Kier molecular flexibility index (Phi) is 54.3. The fraction of sp³-hybridized carbons (Fsp3) is 0.100. The molecule has 0 fully saturated rings. The molecule has 16 N–H and O–H groups in total. The van der Waals surface area contributed by atoms with E-state index in [4.69, 9.17) is 157 Å². The number of fused-ring (bicyclic) bond motifs is 5. The van der Waals surface area contributed by atoms with Crippen molar-refractivity contribution in [3.05, 3.63) is 226 Å². The number of nitrogens with zero attached hydrogens (tertiary/aromatic N) is 10. The molecule has 0 atom stereocenters. The number of benzene rings is 8. The molecule has 0 radical (unpaired) electrons. The summed E-state index contributed by atoms with van der Waals surface area (Å²) in [5.41, 5.74) is 19.9. The molecule has 15 aromatic rings. The van der Waals surface area contributed by atoms with E-state index >= 15 is 0 Å². The van der Waals surface area contributed by atoms with Crippen LogP contribution in [0.5, 0.6) is 0 Å². The molecule has 2 amide bonds. The molecule has 27 nitrogen and oxygen atoms in total. The van der Waals surface area contributed by atoms with Crippen LogP contribution < -0.4 is 164 Å². The van der Waals surface area contributed by atoms with Crippen molar-refractivity contribution in [2.75, 3.05) is 61.8 Å². The first-order valence-corrected chi connectivity index (χ1v) is 43.1. The van der Waals surface area contributed by atoms with E-state index in [9.17, 15) is 14.4 Å². The van der Waals surface area contributed by atoms with Gasteiger partial charge in [-0.3, -0.25) is 36.0 Å². The minimum atomic E-state index is -0.508. The molecule has 606 valence electrons. The van der Waals surface area contributed by atoms with Crippen molar-refractivity contribution in [2.24, 2.45) is 17.5 Å². The Labute approximate surface area is 841 Å². The summed E-state index contributed by atoms with van der Waals surface area (Å²) in [4.78, 5) is 65.8. The van der Waals surface area contributed by atoms with Gasteiger partial charge in [0.25, 0.3) is 6.47 Å². The number of anilines is 6. The van der Waals surface area contributed by atoms with Gasteiger partial charge >= 0.3 is 103 Å². The normalized spacial score (nSPS) is 9.70. The number of nitrogens with one attached hydrogen (secondary N) is 6. The third-order valence-electron chi connectivity index (χ3n) is 13.0. The van der Waals surface area contributed by atoms with Crippen molar-refractivity contribution in [1.82, 2.24) is 59.9 Å². The predicted octanol–water partition coefficient (Wildman–Crippen LogP) is 12.3. The van der Waals surface area contributed by atoms with Gasteiger partial charge in [0.15, 0.2) is 35.9 Å². The molecular weight excluding hydrogens is 1910 g/mol. The van der Waals surface area contributed by atoms with Gasteiger partial charge in [-0.1, -0.05) is 213 Å². The number of nitrogens with two attached hydrogens (primary N) is 5. The molecule has 0 aliphatic rings. The first kappa shape index (κ1) is 106. The summed E-state index contributed by atoms with van der Waals surface area (Å²) in [6.07, 6.45) is 1.95. The van der Waals surface area contributed by atoms with E-state index < -0.39 is 5.24 Å². The second-order valence-corrected chi connectivity index (χ2v) is 32.0. The fourth-order valence-corrected chi connectivity index (χ4v) is 15.1. The standard InChI is InChI=1S/C18H14ClN5OS2.C10H8N4S2.C9H8N2S3.C8H7Cl2NO.C8H8N4S2.C7H6N2S.C6H6ClN.C2H2Cl2O.CH2Cl2.CH2O3.2K.H4N2.H/c1-11-22-23-18(24(11)17-21-14-8-4-5-9-15(14)27-17)26-10-16(25)20-13-7-3-2-6-12(13)19;1-6-12-13-9(15)14(6)10-11-7-4-2-3-5-8(7)16-10;1-13-9(12)11-8-10-6-4-2-3-5-7(6)14-8;9-5-8(12)11-7-4-2-1-3-6(7)10;9-12-7(13)11-8-10-5-3-1-2-4-6(5)14-8;8-7-9-5-3-1-2-4-6(5)10-7;7-5-3-1-2-4-6(5)8;3-1-2(4)5;2-1-3;2-1-4-3;;;1-2;/h2-9H,10H2,1H3,(H,20,25);2-5H,1H3,(H,13,15);2-5H,1H3,(H,10,11,12);1-4H,5H2,(H,11,12);1-4H,9H2,(H2,10,11,12,13);1-4H,(H2,8,9);1-4H,8H2;1H2;1H2;1,3H;;;1-2H2;/q;;;;;;;;;;2*+1;;-1/p-1. The third-order valence-corrected chi connectivity index (χ3v) is 22.1. The van der Waals surface area contributed by atoms with E-state index in [1.165, 1.54) is 50.9 Å². The predicted molar refractivity (Wildman–Crippen MR) is 495 cm³/mol. The number of aryl methyl sites for hydroxylation is 2. The summed E-state index contributed by atoms with van der Waals surface area (Å²) >= 11 is 67.6. The van der Waals surface area contributed by atoms with E-state index in [1.54, 1.807) is 82.5 Å². The van der Waals surface area contributed by atoms with Crippen LogP contribution in [0.15, 0.2) is 199 Å². The van der Waals surface area contributed by atoms with Crippen LogP contribution in [0.3, 0.4) is 0 Å². The zero-order chi connectivity index (χ0) is 84.2. The van der Waals surface area contributed by atoms with E-state index in [1.807, 2.05) is 163 Å². The van der Waals surface area contributed by atoms with Crippen LogP contribution in [0.2, 0.25) is 15.1 Å². The number of thioether (sulfide) groups is 2. The number of thiazole rings is 5. The molecule has 0 bridgehead atoms. The summed E-state index contributed by atoms with van der Waals surface area (Å²) in [5, 5.41) is 41.1. The van der Waals surface area contributed by atoms with Crippen LogP contribution in [0, 0.1) is 18.6 Å². The first-order chi connectivity index (χ1) is 55.5. The summed E-state index contributed by atoms with van der Waals surface area (Å²) in [6, 6.07) is 61.2. The second-order valence-electron chi connectivity index (χ2n) is 20.7. The number of hydrogen-bond donors (Lipinski definition) is 11. The molecule has 0 saturated heterocycles. The number of nitrogen functional groups attached to an aromatic ring is 2. The molecule has 0 aliphatic carbocycles. The van der Waals surface area contributed by atoms with Gasteiger partial charge in [-0.05, 0) is 153 Å². The van der Waals surface area contributed by atoms with E-state index in [0.717, 1.165) is 82.9 Å². The minimum absolute atomic E-state index is 0. The molecule has 15 rings (SSSR count). The van der Waals surface area contributed by atoms with Gasteiger partial charge in [-0.2, -0.15) is 5.10 Å². The molecule has 47 heteroatoms. The number of aromatic nitrogens is 11. The van der Waals surface area contributed by atoms with Gasteiger partial charge in [0, 0.05) is 0 Å². The largest absolute Gasteiger partial charge is 1.00 e. The number of thiocarbonyl (C=S) groups is 2. The average molecular weight is 1980 g/mol. The number of aromatic amines is 1. The maximum Gasteiger partial charge on any atom is 1.00 e. The number of hydrazine groups is 2. The van der Waals surface area contributed by atoms with Crippen LogP contribution in [0.4, 0.5) is 32.5 Å². The Morgan fingerprint density at radius 2 is 0.940 bits per heavy atom. The number of carbonyl (C=O) groups excluding carboxylic acids is 4. The van der Waals surface area contributed by atoms with Gasteiger partial charge in [-0.15, -0.1) is 68.4 Å². The number of para-hydroxylation sites is 8. The maximum atomic E-state index is 12.3. The molecule has 7 heterocycles. The van der Waals surface area contributed by atoms with Crippen molar-refractivity contribution in [2.45, 2.75) is 19.0 Å². The summed E-state index contributed by atoms with van der Waals surface area (Å²) in [6.45, 7) is 3.59. The van der Waals surface area contributed by atoms with Crippen molar-refractivity contribution in [3.63, 3.8) is 0 Å². The van der Waals surface area contributed by atoms with Gasteiger partial charge < -0.3 is 49.7 Å². The molecule has 0 saturated carbocycles. The van der Waals surface area contributed by atoms with Gasteiger partial charge in [0.05, 0.1) is 100 Å². The average Bonchev–Trinajstić information content (AvgIpc) is 1.66. The third kappa shape index (κ3) is 37.8. The Balaban J connectivity index is 0.000000464. The molecule has 0 spiro atoms. The zero-order valence-electron chi connectivity index (χ0n) is 62.8. The number of carbonyl (C=O) groups is 4. The van der Waals surface area contributed by atoms with Crippen LogP contribution >= 0.6 is 210 Å². The van der Waals surface area contributed by atoms with Crippen molar-refractivity contribution in [1.29, 1.82) is 0 Å². The number of rotatable bonds is 12. The summed E-state index contributed by atoms with van der Waals surface area (Å²) in [7, 11) is 0. The first-order valence-electron chi connectivity index (χ1n) is 31.9. The fourth-order valence-electron chi connectivity index (χ4n) is 8.28. The second kappa shape index (κ2) is 59.8. The topological polar surface area (TPSA) is 420 Å². The van der Waals surface area contributed by atoms with E-state index in [-0.39, 0.29) is 145 Å². The minimum Gasteiger partial charge on any atom is -1.00 e. The van der Waals surface area contributed by atoms with Gasteiger partial charge in [0.2, 0.25) is 21.8 Å². The monoisotopic (exact) mass is 1970 g/mol. The van der Waals surface area contributed by atoms with Crippen molar-refractivity contribution < 1.29 is 134 Å². The number of alkyl halides is 4. The number of H-pyrrole nitrogens is 1. The van der Waals surface area contributed by atoms with E-state index in [0.29, 0.717) is 52.3 Å². The Bertz CT molecular complexity index is 5370. The zero-order valence-corrected chi connectivity index (χ0v) is 82.3. The molecule has 0 aliphatic heterocycles. The quantitative estimate of drug-likeness (QED) is 0.00517. The van der Waals surface area contributed by atoms with Crippen molar-refractivity contribution >= 4 is 326 Å². The van der Waals surface area contributed by atoms with Crippen LogP contribution in [-0.2, 0) is 24.1 Å². The Hall–Kier alpha value is -4.90. The molecule has 117 heavy (non-hydrogen) atoms. The molecule has 7 aromatic heterocycles. The number of amides is 2. The number of hydrogen-bond acceptors (Lipinski definition) is 29. The SMILES string of the molecule is CSC(=S)Nc1nc2ccccc2s1.Cc1n[nH]c(=S)n1-c1nc2ccccc2s1.Cc1nnc(SCC(=O)Nc2ccccc2Cl)n1-c1nc2ccccc2s1.ClCCl.NN.NNC(=S)Nc1nc2ccccc2s1.Nc1ccccc1Cl.Nc1nc2ccccc2s1.O=C(CCl)Nc1ccccc1Cl.O=C(Cl)CCl.O=CO[O-].[H-].[K+].[K+]. The van der Waals surface area contributed by atoms with Crippen LogP contribution in [0.25, 0.3) is 61.3 Å². The van der Waals surface area contributed by atoms with Gasteiger partial charge in [-0.25, -0.2) is 39.9 Å². The molecule has 8 aromatic carbocycles. The van der Waals surface area contributed by atoms with E-state index in [2.05, 4.69) is 101 Å². The van der Waals surface area contributed by atoms with Crippen molar-refractivity contribution in [3.8, 4) is 10.3 Å². The smallest absolute Gasteiger partial charge is 1.00 e. The summed E-state index contributed by atoms with van der Waals surface area (Å²) in [5.74, 6) is 14.3. The van der Waals surface area contributed by atoms with Gasteiger partial charge in [0.1, 0.15) is 21.8 Å². The summed E-state index contributed by atoms with van der Waals surface area (Å²) < 4.78 is 10.8. The maximum absolute atomic E-state index is 12.3. The molecule has 0 unspecified atom stereocenters. The van der Waals surface area contributed by atoms with Crippen LogP contribution in [0.1, 0.15) is 13.1 Å².